The third kappa shape index (κ3) is 3.93. The Kier molecular flexibility index (Phi) is 4.72. The average molecular weight is 355 g/mol. The first kappa shape index (κ1) is 17.1. The number of hydrogen-bond donors (Lipinski definition) is 0. The molecule has 1 saturated carbocycles. The SMILES string of the molecule is Cn1ccc(CN2CCC(Cn3cnc(C4CC4)cc3=O)CC2)nc1=O. The van der Waals surface area contributed by atoms with Gasteiger partial charge < -0.3 is 4.57 Å². The van der Waals surface area contributed by atoms with Crippen molar-refractivity contribution in [3.05, 3.63) is 56.9 Å². The summed E-state index contributed by atoms with van der Waals surface area (Å²) in [6.07, 6.45) is 7.91. The molecule has 0 atom stereocenters. The number of rotatable bonds is 5. The number of aryl methyl sites for hydroxylation is 1. The Morgan fingerprint density at radius 3 is 2.58 bits per heavy atom. The molecule has 2 aliphatic rings. The van der Waals surface area contributed by atoms with Gasteiger partial charge in [-0.25, -0.2) is 9.78 Å². The molecule has 0 spiro atoms. The third-order valence-electron chi connectivity index (χ3n) is 5.48. The molecule has 1 aliphatic heterocycles. The fraction of sp³-hybridized carbons (Fsp3) is 0.579. The molecule has 26 heavy (non-hydrogen) atoms. The predicted molar refractivity (Wildman–Crippen MR) is 98.0 cm³/mol. The molecule has 0 bridgehead atoms. The summed E-state index contributed by atoms with van der Waals surface area (Å²) in [7, 11) is 1.71. The van der Waals surface area contributed by atoms with Crippen molar-refractivity contribution in [3.8, 4) is 0 Å². The van der Waals surface area contributed by atoms with Crippen LogP contribution >= 0.6 is 0 Å². The Morgan fingerprint density at radius 2 is 1.92 bits per heavy atom. The molecule has 3 heterocycles. The monoisotopic (exact) mass is 355 g/mol. The summed E-state index contributed by atoms with van der Waals surface area (Å²) in [6.45, 7) is 3.38. The summed E-state index contributed by atoms with van der Waals surface area (Å²) >= 11 is 0. The van der Waals surface area contributed by atoms with Crippen molar-refractivity contribution in [2.45, 2.75) is 44.7 Å². The maximum absolute atomic E-state index is 12.3. The lowest BCUT2D eigenvalue weighted by atomic mass is 9.96. The minimum absolute atomic E-state index is 0.0775. The van der Waals surface area contributed by atoms with Crippen LogP contribution in [0.1, 0.15) is 43.0 Å². The summed E-state index contributed by atoms with van der Waals surface area (Å²) in [5.74, 6) is 1.01. The lowest BCUT2D eigenvalue weighted by Crippen LogP contribution is -2.36. The van der Waals surface area contributed by atoms with Gasteiger partial charge in [0.05, 0.1) is 17.7 Å². The van der Waals surface area contributed by atoms with Crippen LogP contribution in [-0.4, -0.2) is 37.1 Å². The second kappa shape index (κ2) is 7.15. The van der Waals surface area contributed by atoms with Crippen molar-refractivity contribution in [2.75, 3.05) is 13.1 Å². The van der Waals surface area contributed by atoms with Crippen molar-refractivity contribution in [3.63, 3.8) is 0 Å². The molecule has 0 N–H and O–H groups in total. The molecule has 2 aromatic rings. The van der Waals surface area contributed by atoms with E-state index in [-0.39, 0.29) is 11.2 Å². The fourth-order valence-corrected chi connectivity index (χ4v) is 3.60. The van der Waals surface area contributed by atoms with Gasteiger partial charge in [0.15, 0.2) is 0 Å². The summed E-state index contributed by atoms with van der Waals surface area (Å²) in [6, 6.07) is 3.62. The topological polar surface area (TPSA) is 73.0 Å². The first-order valence-electron chi connectivity index (χ1n) is 9.40. The first-order valence-corrected chi connectivity index (χ1v) is 9.40. The van der Waals surface area contributed by atoms with E-state index in [1.54, 1.807) is 30.2 Å². The van der Waals surface area contributed by atoms with Gasteiger partial charge >= 0.3 is 5.69 Å². The normalized spacial score (nSPS) is 19.0. The zero-order valence-corrected chi connectivity index (χ0v) is 15.2. The zero-order valence-electron chi connectivity index (χ0n) is 15.2. The minimum Gasteiger partial charge on any atom is -0.302 e. The average Bonchev–Trinajstić information content (AvgIpc) is 3.47. The van der Waals surface area contributed by atoms with Crippen LogP contribution in [0.25, 0.3) is 0 Å². The molecule has 1 saturated heterocycles. The van der Waals surface area contributed by atoms with E-state index >= 15 is 0 Å². The van der Waals surface area contributed by atoms with Crippen LogP contribution in [-0.2, 0) is 20.1 Å². The molecule has 0 radical (unpaired) electrons. The van der Waals surface area contributed by atoms with Crippen molar-refractivity contribution < 1.29 is 0 Å². The summed E-state index contributed by atoms with van der Waals surface area (Å²) in [5.41, 5.74) is 1.65. The highest BCUT2D eigenvalue weighted by molar-refractivity contribution is 5.12. The molecular formula is C19H25N5O2. The smallest absolute Gasteiger partial charge is 0.302 e. The highest BCUT2D eigenvalue weighted by atomic mass is 16.1. The lowest BCUT2D eigenvalue weighted by molar-refractivity contribution is 0.164. The second-order valence-corrected chi connectivity index (χ2v) is 7.61. The Morgan fingerprint density at radius 1 is 1.15 bits per heavy atom. The van der Waals surface area contributed by atoms with Gasteiger partial charge in [-0.3, -0.25) is 14.3 Å². The second-order valence-electron chi connectivity index (χ2n) is 7.61. The lowest BCUT2D eigenvalue weighted by Gasteiger charge is -2.31. The van der Waals surface area contributed by atoms with E-state index < -0.39 is 0 Å². The van der Waals surface area contributed by atoms with Gasteiger partial charge in [0.1, 0.15) is 0 Å². The molecule has 0 aromatic carbocycles. The Balaban J connectivity index is 1.31. The Labute approximate surface area is 152 Å². The molecule has 4 rings (SSSR count). The molecule has 0 unspecified atom stereocenters. The molecule has 2 aromatic heterocycles. The highest BCUT2D eigenvalue weighted by Crippen LogP contribution is 2.38. The van der Waals surface area contributed by atoms with Crippen molar-refractivity contribution >= 4 is 0 Å². The van der Waals surface area contributed by atoms with Crippen molar-refractivity contribution in [1.29, 1.82) is 0 Å². The molecule has 7 heteroatoms. The van der Waals surface area contributed by atoms with E-state index in [2.05, 4.69) is 14.9 Å². The van der Waals surface area contributed by atoms with Crippen LogP contribution in [0, 0.1) is 5.92 Å². The van der Waals surface area contributed by atoms with Crippen LogP contribution in [0.4, 0.5) is 0 Å². The predicted octanol–water partition coefficient (Wildman–Crippen LogP) is 1.13. The van der Waals surface area contributed by atoms with Gasteiger partial charge in [-0.15, -0.1) is 0 Å². The van der Waals surface area contributed by atoms with Gasteiger partial charge in [-0.05, 0) is 50.8 Å². The molecule has 138 valence electrons. The van der Waals surface area contributed by atoms with E-state index in [0.29, 0.717) is 18.4 Å². The Bertz CT molecular complexity index is 891. The van der Waals surface area contributed by atoms with Crippen LogP contribution in [0.3, 0.4) is 0 Å². The van der Waals surface area contributed by atoms with Crippen LogP contribution < -0.4 is 11.2 Å². The summed E-state index contributed by atoms with van der Waals surface area (Å²) < 4.78 is 3.24. The number of likely N-dealkylation sites (tertiary alicyclic amines) is 1. The first-order chi connectivity index (χ1) is 12.6. The van der Waals surface area contributed by atoms with Gasteiger partial charge in [-0.1, -0.05) is 0 Å². The highest BCUT2D eigenvalue weighted by Gasteiger charge is 2.26. The van der Waals surface area contributed by atoms with Gasteiger partial charge in [0.25, 0.3) is 5.56 Å². The minimum atomic E-state index is -0.209. The Hall–Kier alpha value is -2.28. The maximum atomic E-state index is 12.3. The maximum Gasteiger partial charge on any atom is 0.347 e. The largest absolute Gasteiger partial charge is 0.347 e. The van der Waals surface area contributed by atoms with Gasteiger partial charge in [0, 0.05) is 38.3 Å². The van der Waals surface area contributed by atoms with Gasteiger partial charge in [0.2, 0.25) is 0 Å². The number of hydrogen-bond acceptors (Lipinski definition) is 5. The third-order valence-corrected chi connectivity index (χ3v) is 5.48. The standard InChI is InChI=1S/C19H25N5O2/c1-22-7-6-16(21-19(22)26)12-23-8-4-14(5-9-23)11-24-13-20-17(10-18(24)25)15-2-3-15/h6-7,10,13-15H,2-5,8-9,11-12H2,1H3. The molecule has 1 aliphatic carbocycles. The van der Waals surface area contributed by atoms with Crippen LogP contribution in [0.2, 0.25) is 0 Å². The number of aromatic nitrogens is 4. The molecular weight excluding hydrogens is 330 g/mol. The quantitative estimate of drug-likeness (QED) is 0.804. The fourth-order valence-electron chi connectivity index (χ4n) is 3.60. The molecule has 2 fully saturated rings. The van der Waals surface area contributed by atoms with Gasteiger partial charge in [-0.2, -0.15) is 4.98 Å². The summed E-state index contributed by atoms with van der Waals surface area (Å²) in [5, 5.41) is 0. The molecule has 7 nitrogen and oxygen atoms in total. The number of nitrogens with zero attached hydrogens (tertiary/aromatic N) is 5. The van der Waals surface area contributed by atoms with E-state index in [1.807, 2.05) is 6.07 Å². The van der Waals surface area contributed by atoms with Crippen LogP contribution in [0.15, 0.2) is 34.2 Å². The number of piperidine rings is 1. The van der Waals surface area contributed by atoms with E-state index in [4.69, 9.17) is 0 Å². The van der Waals surface area contributed by atoms with Crippen molar-refractivity contribution in [1.82, 2.24) is 24.0 Å². The summed E-state index contributed by atoms with van der Waals surface area (Å²) in [4.78, 5) is 34.8. The molecule has 0 amide bonds. The zero-order chi connectivity index (χ0) is 18.1. The van der Waals surface area contributed by atoms with Crippen LogP contribution in [0.5, 0.6) is 0 Å². The van der Waals surface area contributed by atoms with E-state index in [0.717, 1.165) is 56.7 Å². The van der Waals surface area contributed by atoms with Crippen molar-refractivity contribution in [2.24, 2.45) is 13.0 Å². The van der Waals surface area contributed by atoms with E-state index in [9.17, 15) is 9.59 Å². The van der Waals surface area contributed by atoms with E-state index in [1.165, 1.54) is 4.57 Å².